The number of barbiturate groups is 1. The molecule has 0 unspecified atom stereocenters. The summed E-state index contributed by atoms with van der Waals surface area (Å²) in [5.41, 5.74) is 1.04. The van der Waals surface area contributed by atoms with Crippen molar-refractivity contribution >= 4 is 51.3 Å². The molecule has 4 aromatic carbocycles. The first-order chi connectivity index (χ1) is 21.2. The van der Waals surface area contributed by atoms with Gasteiger partial charge in [0.05, 0.1) is 17.3 Å². The molecule has 0 aromatic heterocycles. The Morgan fingerprint density at radius 3 is 2.18 bits per heavy atom. The largest absolute Gasteiger partial charge is 0.490 e. The van der Waals surface area contributed by atoms with Crippen molar-refractivity contribution in [2.45, 2.75) is 18.4 Å². The van der Waals surface area contributed by atoms with E-state index in [9.17, 15) is 22.8 Å². The topological polar surface area (TPSA) is 128 Å². The minimum atomic E-state index is -4.25. The van der Waals surface area contributed by atoms with E-state index >= 15 is 0 Å². The van der Waals surface area contributed by atoms with Crippen LogP contribution < -0.4 is 23.9 Å². The molecule has 1 fully saturated rings. The van der Waals surface area contributed by atoms with Crippen molar-refractivity contribution in [2.75, 3.05) is 11.5 Å². The van der Waals surface area contributed by atoms with E-state index in [4.69, 9.17) is 25.3 Å². The number of rotatable bonds is 10. The summed E-state index contributed by atoms with van der Waals surface area (Å²) in [7, 11) is -4.25. The Balaban J connectivity index is 1.40. The zero-order chi connectivity index (χ0) is 31.3. The first-order valence-electron chi connectivity index (χ1n) is 13.3. The lowest BCUT2D eigenvalue weighted by Gasteiger charge is -2.26. The van der Waals surface area contributed by atoms with Gasteiger partial charge in [-0.25, -0.2) is 9.69 Å². The molecule has 10 nitrogen and oxygen atoms in total. The van der Waals surface area contributed by atoms with Gasteiger partial charge in [0.2, 0.25) is 5.75 Å². The fourth-order valence-corrected chi connectivity index (χ4v) is 5.53. The second-order valence-corrected chi connectivity index (χ2v) is 11.3. The lowest BCUT2D eigenvalue weighted by Crippen LogP contribution is -2.54. The molecule has 1 heterocycles. The number of carbonyl (C=O) groups is 3. The quantitative estimate of drug-likeness (QED) is 0.133. The van der Waals surface area contributed by atoms with Crippen molar-refractivity contribution < 1.29 is 36.5 Å². The van der Waals surface area contributed by atoms with Crippen molar-refractivity contribution in [3.63, 3.8) is 0 Å². The first kappa shape index (κ1) is 30.3. The van der Waals surface area contributed by atoms with Gasteiger partial charge >= 0.3 is 16.1 Å². The highest BCUT2D eigenvalue weighted by atomic mass is 35.5. The van der Waals surface area contributed by atoms with Crippen LogP contribution in [0.4, 0.5) is 10.5 Å². The van der Waals surface area contributed by atoms with Gasteiger partial charge in [0.25, 0.3) is 11.8 Å². The maximum atomic E-state index is 13.4. The van der Waals surface area contributed by atoms with E-state index in [1.54, 1.807) is 37.3 Å². The van der Waals surface area contributed by atoms with Crippen molar-refractivity contribution in [3.8, 4) is 17.2 Å². The molecule has 1 saturated heterocycles. The van der Waals surface area contributed by atoms with E-state index in [1.165, 1.54) is 42.5 Å². The first-order valence-corrected chi connectivity index (χ1v) is 15.1. The van der Waals surface area contributed by atoms with Gasteiger partial charge in [-0.15, -0.1) is 0 Å². The number of carbonyl (C=O) groups excluding carboxylic acids is 3. The second kappa shape index (κ2) is 13.0. The molecule has 4 aromatic rings. The summed E-state index contributed by atoms with van der Waals surface area (Å²) < 4.78 is 42.3. The predicted octanol–water partition coefficient (Wildman–Crippen LogP) is 5.75. The molecule has 12 heteroatoms. The van der Waals surface area contributed by atoms with Gasteiger partial charge in [0.1, 0.15) is 22.8 Å². The maximum absolute atomic E-state index is 13.4. The molecule has 1 aliphatic heterocycles. The number of nitrogens with one attached hydrogen (secondary N) is 1. The lowest BCUT2D eigenvalue weighted by molar-refractivity contribution is -0.122. The molecule has 224 valence electrons. The van der Waals surface area contributed by atoms with Gasteiger partial charge in [-0.1, -0.05) is 60.1 Å². The number of anilines is 1. The predicted molar refractivity (Wildman–Crippen MR) is 163 cm³/mol. The maximum Gasteiger partial charge on any atom is 0.339 e. The number of halogens is 1. The van der Waals surface area contributed by atoms with Crippen LogP contribution in [-0.2, 0) is 26.3 Å². The van der Waals surface area contributed by atoms with Crippen LogP contribution in [-0.4, -0.2) is 32.9 Å². The number of amides is 4. The summed E-state index contributed by atoms with van der Waals surface area (Å²) in [6.07, 6.45) is 1.22. The number of imide groups is 2. The van der Waals surface area contributed by atoms with Crippen LogP contribution in [0.3, 0.4) is 0 Å². The zero-order valence-electron chi connectivity index (χ0n) is 23.2. The zero-order valence-corrected chi connectivity index (χ0v) is 24.8. The van der Waals surface area contributed by atoms with E-state index in [1.807, 2.05) is 30.3 Å². The monoisotopic (exact) mass is 632 g/mol. The van der Waals surface area contributed by atoms with Gasteiger partial charge < -0.3 is 13.7 Å². The summed E-state index contributed by atoms with van der Waals surface area (Å²) in [6, 6.07) is 25.1. The van der Waals surface area contributed by atoms with Crippen molar-refractivity contribution in [1.82, 2.24) is 5.32 Å². The van der Waals surface area contributed by atoms with Crippen LogP contribution in [0.15, 0.2) is 108 Å². The molecule has 0 spiro atoms. The Morgan fingerprint density at radius 2 is 1.52 bits per heavy atom. The highest BCUT2D eigenvalue weighted by Gasteiger charge is 2.37. The van der Waals surface area contributed by atoms with Gasteiger partial charge in [-0.2, -0.15) is 8.42 Å². The standard InChI is InChI=1S/C32H25ClN2O8S/c1-2-41-28-19-22(18-27(33)29(28)43-44(39,40)25-11-7-4-8-12-25)17-26-30(36)34-32(38)35(31(26)37)23-13-15-24(16-14-23)42-20-21-9-5-3-6-10-21/h3-19H,2,20H2,1H3,(H,34,36,38)/b26-17+. The van der Waals surface area contributed by atoms with E-state index in [0.29, 0.717) is 12.4 Å². The van der Waals surface area contributed by atoms with Crippen LogP contribution in [0.25, 0.3) is 6.08 Å². The van der Waals surface area contributed by atoms with E-state index < -0.39 is 28.0 Å². The van der Waals surface area contributed by atoms with Gasteiger partial charge in [-0.05, 0) is 72.7 Å². The Bertz CT molecular complexity index is 1840. The third-order valence-electron chi connectivity index (χ3n) is 6.31. The van der Waals surface area contributed by atoms with Crippen LogP contribution in [0, 0.1) is 0 Å². The van der Waals surface area contributed by atoms with Crippen molar-refractivity contribution in [3.05, 3.63) is 119 Å². The summed E-state index contributed by atoms with van der Waals surface area (Å²) >= 11 is 6.42. The molecule has 0 radical (unpaired) electrons. The van der Waals surface area contributed by atoms with Crippen molar-refractivity contribution in [2.24, 2.45) is 0 Å². The third kappa shape index (κ3) is 6.74. The molecule has 0 saturated carbocycles. The van der Waals surface area contributed by atoms with Crippen LogP contribution in [0.1, 0.15) is 18.1 Å². The fourth-order valence-electron chi connectivity index (χ4n) is 4.25. The highest BCUT2D eigenvalue weighted by Crippen LogP contribution is 2.39. The van der Waals surface area contributed by atoms with Crippen LogP contribution in [0.2, 0.25) is 5.02 Å². The average molecular weight is 633 g/mol. The summed E-state index contributed by atoms with van der Waals surface area (Å²) in [5.74, 6) is -1.57. The second-order valence-electron chi connectivity index (χ2n) is 9.34. The average Bonchev–Trinajstić information content (AvgIpc) is 3.01. The summed E-state index contributed by atoms with van der Waals surface area (Å²) in [6.45, 7) is 2.14. The number of urea groups is 1. The molecular weight excluding hydrogens is 608 g/mol. The lowest BCUT2D eigenvalue weighted by atomic mass is 10.1. The SMILES string of the molecule is CCOc1cc(/C=C2\C(=O)NC(=O)N(c3ccc(OCc4ccccc4)cc3)C2=O)cc(Cl)c1OS(=O)(=O)c1ccccc1. The molecule has 0 atom stereocenters. The summed E-state index contributed by atoms with van der Waals surface area (Å²) in [4.78, 5) is 39.6. The fraction of sp³-hybridized carbons (Fsp3) is 0.0938. The number of benzene rings is 4. The van der Waals surface area contributed by atoms with Gasteiger partial charge in [0.15, 0.2) is 5.75 Å². The molecule has 4 amide bonds. The van der Waals surface area contributed by atoms with Crippen molar-refractivity contribution in [1.29, 1.82) is 0 Å². The normalized spacial score (nSPS) is 14.4. The Hall–Kier alpha value is -5.13. The van der Waals surface area contributed by atoms with Crippen LogP contribution in [0.5, 0.6) is 17.2 Å². The molecule has 44 heavy (non-hydrogen) atoms. The molecule has 1 aliphatic rings. The molecule has 5 rings (SSSR count). The minimum Gasteiger partial charge on any atom is -0.490 e. The van der Waals surface area contributed by atoms with Crippen LogP contribution >= 0.6 is 11.6 Å². The van der Waals surface area contributed by atoms with Gasteiger partial charge in [-0.3, -0.25) is 14.9 Å². The molecule has 1 N–H and O–H groups in total. The smallest absolute Gasteiger partial charge is 0.339 e. The number of hydrogen-bond acceptors (Lipinski definition) is 8. The van der Waals surface area contributed by atoms with E-state index in [2.05, 4.69) is 5.32 Å². The third-order valence-corrected chi connectivity index (χ3v) is 7.83. The summed E-state index contributed by atoms with van der Waals surface area (Å²) in [5, 5.41) is 2.02. The van der Waals surface area contributed by atoms with Gasteiger partial charge in [0, 0.05) is 0 Å². The molecule has 0 aliphatic carbocycles. The Kier molecular flexibility index (Phi) is 8.98. The Morgan fingerprint density at radius 1 is 0.864 bits per heavy atom. The number of hydrogen-bond donors (Lipinski definition) is 1. The van der Waals surface area contributed by atoms with E-state index in [-0.39, 0.29) is 44.8 Å². The molecular formula is C32H25ClN2O8S. The number of ether oxygens (including phenoxy) is 2. The highest BCUT2D eigenvalue weighted by molar-refractivity contribution is 7.87. The van der Waals surface area contributed by atoms with E-state index in [0.717, 1.165) is 10.5 Å². The Labute approximate surface area is 258 Å². The molecule has 0 bridgehead atoms. The minimum absolute atomic E-state index is 0.0333. The number of nitrogens with zero attached hydrogens (tertiary/aromatic N) is 1.